The summed E-state index contributed by atoms with van der Waals surface area (Å²) in [5, 5.41) is 0. The van der Waals surface area contributed by atoms with Gasteiger partial charge in [0, 0.05) is 10.0 Å². The van der Waals surface area contributed by atoms with Crippen molar-refractivity contribution in [1.82, 2.24) is 0 Å². The molecule has 3 heteroatoms. The first-order valence-corrected chi connectivity index (χ1v) is 10.2. The minimum absolute atomic E-state index is 0.0187. The molecule has 2 nitrogen and oxygen atoms in total. The summed E-state index contributed by atoms with van der Waals surface area (Å²) in [5.41, 5.74) is 1.19. The summed E-state index contributed by atoms with van der Waals surface area (Å²) in [4.78, 5) is 0. The molecule has 138 valence electrons. The smallest absolute Gasteiger partial charge is 0.161 e. The fourth-order valence-corrected chi connectivity index (χ4v) is 4.57. The summed E-state index contributed by atoms with van der Waals surface area (Å²) < 4.78 is 13.8. The molecule has 0 aromatic heterocycles. The van der Waals surface area contributed by atoms with E-state index in [0.717, 1.165) is 35.7 Å². The molecular formula is C24H23BrO2. The van der Waals surface area contributed by atoms with E-state index in [-0.39, 0.29) is 11.7 Å². The summed E-state index contributed by atoms with van der Waals surface area (Å²) in [6.45, 7) is 4.30. The topological polar surface area (TPSA) is 21.8 Å². The third-order valence-corrected chi connectivity index (χ3v) is 5.98. The van der Waals surface area contributed by atoms with Crippen LogP contribution in [0.15, 0.2) is 71.7 Å². The maximum Gasteiger partial charge on any atom is 0.161 e. The zero-order valence-electron chi connectivity index (χ0n) is 15.3. The molecule has 2 aliphatic rings. The summed E-state index contributed by atoms with van der Waals surface area (Å²) in [6.07, 6.45) is 5.89. The molecule has 1 heterocycles. The van der Waals surface area contributed by atoms with Crippen LogP contribution in [0.2, 0.25) is 0 Å². The summed E-state index contributed by atoms with van der Waals surface area (Å²) >= 11 is 3.57. The summed E-state index contributed by atoms with van der Waals surface area (Å²) in [6, 6.07) is 18.4. The molecule has 1 saturated heterocycles. The van der Waals surface area contributed by atoms with Crippen molar-refractivity contribution >= 4 is 15.9 Å². The van der Waals surface area contributed by atoms with Gasteiger partial charge in [0.15, 0.2) is 5.60 Å². The van der Waals surface area contributed by atoms with Crippen molar-refractivity contribution in [2.24, 2.45) is 0 Å². The van der Waals surface area contributed by atoms with Crippen LogP contribution in [0.1, 0.15) is 42.9 Å². The Morgan fingerprint density at radius 2 is 1.96 bits per heavy atom. The SMILES string of the molecule is C=CCO[C@]1(C#Cc2ccccc2)CCCC[C@]12O[C@H]2c1cccc(Br)c1. The van der Waals surface area contributed by atoms with Crippen LogP contribution in [-0.2, 0) is 9.47 Å². The highest BCUT2D eigenvalue weighted by atomic mass is 79.9. The molecule has 0 amide bonds. The molecular weight excluding hydrogens is 400 g/mol. The third-order valence-electron chi connectivity index (χ3n) is 5.49. The second kappa shape index (κ2) is 7.64. The predicted molar refractivity (Wildman–Crippen MR) is 111 cm³/mol. The molecule has 1 aliphatic carbocycles. The molecule has 1 aliphatic heterocycles. The first-order chi connectivity index (χ1) is 13.2. The van der Waals surface area contributed by atoms with E-state index in [1.165, 1.54) is 5.56 Å². The highest BCUT2D eigenvalue weighted by Crippen LogP contribution is 2.63. The molecule has 1 saturated carbocycles. The first-order valence-electron chi connectivity index (χ1n) is 9.45. The van der Waals surface area contributed by atoms with E-state index in [4.69, 9.17) is 9.47 Å². The first kappa shape index (κ1) is 18.5. The van der Waals surface area contributed by atoms with Crippen molar-refractivity contribution in [2.75, 3.05) is 6.61 Å². The fourth-order valence-electron chi connectivity index (χ4n) is 4.15. The minimum Gasteiger partial charge on any atom is -0.357 e. The van der Waals surface area contributed by atoms with Gasteiger partial charge in [-0.05, 0) is 49.1 Å². The molecule has 2 aromatic rings. The predicted octanol–water partition coefficient (Wildman–Crippen LogP) is 5.83. The van der Waals surface area contributed by atoms with Gasteiger partial charge in [0.1, 0.15) is 11.7 Å². The van der Waals surface area contributed by atoms with E-state index < -0.39 is 5.60 Å². The van der Waals surface area contributed by atoms with E-state index in [1.807, 2.05) is 36.4 Å². The number of benzene rings is 2. The number of rotatable bonds is 4. The van der Waals surface area contributed by atoms with E-state index in [0.29, 0.717) is 6.61 Å². The Bertz CT molecular complexity index is 882. The lowest BCUT2D eigenvalue weighted by Gasteiger charge is -2.38. The molecule has 1 spiro atoms. The van der Waals surface area contributed by atoms with E-state index in [1.54, 1.807) is 6.08 Å². The minimum atomic E-state index is -0.609. The van der Waals surface area contributed by atoms with Crippen LogP contribution in [0, 0.1) is 11.8 Å². The van der Waals surface area contributed by atoms with Gasteiger partial charge in [-0.1, -0.05) is 70.6 Å². The van der Waals surface area contributed by atoms with E-state index in [2.05, 4.69) is 52.5 Å². The highest BCUT2D eigenvalue weighted by Gasteiger charge is 2.70. The third kappa shape index (κ3) is 3.50. The average molecular weight is 423 g/mol. The van der Waals surface area contributed by atoms with Gasteiger partial charge >= 0.3 is 0 Å². The zero-order chi connectivity index (χ0) is 18.7. The number of halogens is 1. The largest absolute Gasteiger partial charge is 0.357 e. The molecule has 0 radical (unpaired) electrons. The van der Waals surface area contributed by atoms with E-state index >= 15 is 0 Å². The van der Waals surface area contributed by atoms with Gasteiger partial charge in [-0.3, -0.25) is 0 Å². The lowest BCUT2D eigenvalue weighted by atomic mass is 9.72. The number of hydrogen-bond acceptors (Lipinski definition) is 2. The van der Waals surface area contributed by atoms with Gasteiger partial charge in [-0.2, -0.15) is 0 Å². The standard InChI is InChI=1S/C24H23BrO2/c1-2-17-26-23(16-13-19-9-4-3-5-10-19)14-6-7-15-24(23)22(27-24)20-11-8-12-21(25)18-20/h2-5,8-12,18,22H,1,6-7,14-15,17H2/t22-,23-,24+/m0/s1. The fraction of sp³-hybridized carbons (Fsp3) is 0.333. The van der Waals surface area contributed by atoms with Crippen LogP contribution in [0.4, 0.5) is 0 Å². The second-order valence-corrected chi connectivity index (χ2v) is 8.11. The highest BCUT2D eigenvalue weighted by molar-refractivity contribution is 9.10. The van der Waals surface area contributed by atoms with Crippen molar-refractivity contribution in [3.63, 3.8) is 0 Å². The molecule has 0 bridgehead atoms. The van der Waals surface area contributed by atoms with Crippen LogP contribution in [0.3, 0.4) is 0 Å². The van der Waals surface area contributed by atoms with Gasteiger partial charge in [0.2, 0.25) is 0 Å². The Kier molecular flexibility index (Phi) is 5.23. The van der Waals surface area contributed by atoms with Gasteiger partial charge in [-0.15, -0.1) is 6.58 Å². The normalized spacial score (nSPS) is 29.0. The average Bonchev–Trinajstić information content (AvgIpc) is 3.43. The van der Waals surface area contributed by atoms with Crippen molar-refractivity contribution < 1.29 is 9.47 Å². The molecule has 4 rings (SSSR count). The van der Waals surface area contributed by atoms with Gasteiger partial charge < -0.3 is 9.47 Å². The van der Waals surface area contributed by atoms with Gasteiger partial charge in [-0.25, -0.2) is 0 Å². The Morgan fingerprint density at radius 1 is 1.15 bits per heavy atom. The van der Waals surface area contributed by atoms with Crippen molar-refractivity contribution in [1.29, 1.82) is 0 Å². The Hall–Kier alpha value is -1.86. The monoisotopic (exact) mass is 422 g/mol. The molecule has 2 aromatic carbocycles. The van der Waals surface area contributed by atoms with Crippen LogP contribution >= 0.6 is 15.9 Å². The second-order valence-electron chi connectivity index (χ2n) is 7.19. The number of hydrogen-bond donors (Lipinski definition) is 0. The Morgan fingerprint density at radius 3 is 2.74 bits per heavy atom. The molecule has 3 atom stereocenters. The van der Waals surface area contributed by atoms with Crippen LogP contribution < -0.4 is 0 Å². The van der Waals surface area contributed by atoms with Crippen molar-refractivity contribution in [3.8, 4) is 11.8 Å². The number of ether oxygens (including phenoxy) is 2. The summed E-state index contributed by atoms with van der Waals surface area (Å²) in [5.74, 6) is 6.84. The van der Waals surface area contributed by atoms with Crippen LogP contribution in [0.25, 0.3) is 0 Å². The van der Waals surface area contributed by atoms with Crippen LogP contribution in [0.5, 0.6) is 0 Å². The Balaban J connectivity index is 1.72. The molecule has 0 unspecified atom stereocenters. The molecule has 27 heavy (non-hydrogen) atoms. The number of epoxide rings is 1. The lowest BCUT2D eigenvalue weighted by Crippen LogP contribution is -2.49. The molecule has 2 fully saturated rings. The van der Waals surface area contributed by atoms with E-state index in [9.17, 15) is 0 Å². The maximum absolute atomic E-state index is 6.41. The van der Waals surface area contributed by atoms with Crippen molar-refractivity contribution in [3.05, 3.63) is 82.9 Å². The summed E-state index contributed by atoms with van der Waals surface area (Å²) in [7, 11) is 0. The molecule has 0 N–H and O–H groups in total. The van der Waals surface area contributed by atoms with Crippen LogP contribution in [-0.4, -0.2) is 17.8 Å². The Labute approximate surface area is 169 Å². The van der Waals surface area contributed by atoms with Gasteiger partial charge in [0.25, 0.3) is 0 Å². The quantitative estimate of drug-likeness (QED) is 0.351. The lowest BCUT2D eigenvalue weighted by molar-refractivity contribution is -0.0683. The zero-order valence-corrected chi connectivity index (χ0v) is 16.9. The van der Waals surface area contributed by atoms with Crippen molar-refractivity contribution in [2.45, 2.75) is 43.0 Å². The van der Waals surface area contributed by atoms with Gasteiger partial charge in [0.05, 0.1) is 6.61 Å². The maximum atomic E-state index is 6.41.